The maximum absolute atomic E-state index is 13.0. The molecule has 0 fully saturated rings. The van der Waals surface area contributed by atoms with Gasteiger partial charge in [0.1, 0.15) is 17.5 Å². The second-order valence-electron chi connectivity index (χ2n) is 2.50. The Balaban J connectivity index is 3.15. The van der Waals surface area contributed by atoms with Crippen LogP contribution in [0.3, 0.4) is 0 Å². The van der Waals surface area contributed by atoms with Crippen LogP contribution in [0.25, 0.3) is 6.08 Å². The summed E-state index contributed by atoms with van der Waals surface area (Å²) >= 11 is 0. The van der Waals surface area contributed by atoms with Gasteiger partial charge in [-0.15, -0.1) is 0 Å². The molecule has 0 aliphatic rings. The Kier molecular flexibility index (Phi) is 2.97. The van der Waals surface area contributed by atoms with E-state index in [0.717, 1.165) is 6.08 Å². The molecule has 70 valence electrons. The number of nitrogens with zero attached hydrogens (tertiary/aromatic N) is 1. The second kappa shape index (κ2) is 4.19. The van der Waals surface area contributed by atoms with E-state index in [0.29, 0.717) is 0 Å². The van der Waals surface area contributed by atoms with Crippen molar-refractivity contribution in [3.05, 3.63) is 41.2 Å². The molecule has 0 amide bonds. The first-order valence-electron chi connectivity index (χ1n) is 3.75. The molecule has 0 spiro atoms. The number of hydrogen-bond acceptors (Lipinski definition) is 2. The predicted molar refractivity (Wildman–Crippen MR) is 47.6 cm³/mol. The van der Waals surface area contributed by atoms with Gasteiger partial charge in [-0.25, -0.2) is 9.18 Å². The lowest BCUT2D eigenvalue weighted by Crippen LogP contribution is -1.97. The van der Waals surface area contributed by atoms with Crippen molar-refractivity contribution in [1.82, 2.24) is 0 Å². The van der Waals surface area contributed by atoms with Crippen molar-refractivity contribution < 1.29 is 14.3 Å². The normalized spacial score (nSPS) is 10.7. The van der Waals surface area contributed by atoms with E-state index >= 15 is 0 Å². The average molecular weight is 191 g/mol. The van der Waals surface area contributed by atoms with Crippen LogP contribution < -0.4 is 0 Å². The van der Waals surface area contributed by atoms with Crippen molar-refractivity contribution >= 4 is 12.0 Å². The molecular weight excluding hydrogens is 185 g/mol. The average Bonchev–Trinajstić information content (AvgIpc) is 2.16. The van der Waals surface area contributed by atoms with Crippen LogP contribution in [0.2, 0.25) is 0 Å². The van der Waals surface area contributed by atoms with Crippen LogP contribution in [-0.2, 0) is 4.79 Å². The fourth-order valence-electron chi connectivity index (χ4n) is 0.889. The number of carboxylic acids is 1. The lowest BCUT2D eigenvalue weighted by molar-refractivity contribution is -0.132. The smallest absolute Gasteiger partial charge is 0.346 e. The summed E-state index contributed by atoms with van der Waals surface area (Å²) in [5, 5.41) is 16.9. The highest BCUT2D eigenvalue weighted by molar-refractivity contribution is 5.96. The topological polar surface area (TPSA) is 61.1 Å². The Hall–Kier alpha value is -2.15. The Labute approximate surface area is 79.7 Å². The quantitative estimate of drug-likeness (QED) is 0.572. The third kappa shape index (κ3) is 2.17. The number of carbonyl (C=O) groups is 1. The highest BCUT2D eigenvalue weighted by Gasteiger charge is 2.07. The third-order valence-corrected chi connectivity index (χ3v) is 1.56. The molecule has 0 heterocycles. The molecule has 0 aliphatic carbocycles. The molecule has 0 aromatic heterocycles. The van der Waals surface area contributed by atoms with Gasteiger partial charge >= 0.3 is 5.97 Å². The van der Waals surface area contributed by atoms with Crippen LogP contribution in [0.1, 0.15) is 5.56 Å². The zero-order valence-electron chi connectivity index (χ0n) is 7.07. The van der Waals surface area contributed by atoms with Crippen molar-refractivity contribution in [3.63, 3.8) is 0 Å². The molecule has 1 rings (SSSR count). The molecule has 0 atom stereocenters. The van der Waals surface area contributed by atoms with E-state index in [1.54, 1.807) is 6.07 Å². The first-order chi connectivity index (χ1) is 6.65. The van der Waals surface area contributed by atoms with Crippen LogP contribution in [-0.4, -0.2) is 11.1 Å². The van der Waals surface area contributed by atoms with Gasteiger partial charge in [0.15, 0.2) is 0 Å². The van der Waals surface area contributed by atoms with Gasteiger partial charge in [-0.1, -0.05) is 18.2 Å². The summed E-state index contributed by atoms with van der Waals surface area (Å²) < 4.78 is 13.0. The van der Waals surface area contributed by atoms with Crippen LogP contribution >= 0.6 is 0 Å². The fourth-order valence-corrected chi connectivity index (χ4v) is 0.889. The van der Waals surface area contributed by atoms with E-state index in [2.05, 4.69) is 0 Å². The van der Waals surface area contributed by atoms with Gasteiger partial charge in [-0.2, -0.15) is 5.26 Å². The number of nitriles is 1. The molecule has 1 aromatic rings. The monoisotopic (exact) mass is 191 g/mol. The molecule has 0 radical (unpaired) electrons. The van der Waals surface area contributed by atoms with Crippen molar-refractivity contribution in [2.75, 3.05) is 0 Å². The van der Waals surface area contributed by atoms with Gasteiger partial charge < -0.3 is 5.11 Å². The van der Waals surface area contributed by atoms with Crippen molar-refractivity contribution in [2.24, 2.45) is 0 Å². The van der Waals surface area contributed by atoms with Gasteiger partial charge in [-0.05, 0) is 12.1 Å². The van der Waals surface area contributed by atoms with Gasteiger partial charge in [0.25, 0.3) is 0 Å². The molecule has 0 saturated heterocycles. The number of carboxylic acid groups (broad SMARTS) is 1. The Bertz CT molecular complexity index is 432. The Morgan fingerprint density at radius 2 is 2.14 bits per heavy atom. The van der Waals surface area contributed by atoms with Gasteiger partial charge in [0.05, 0.1) is 0 Å². The van der Waals surface area contributed by atoms with Crippen molar-refractivity contribution in [2.45, 2.75) is 0 Å². The number of rotatable bonds is 2. The molecule has 0 bridgehead atoms. The third-order valence-electron chi connectivity index (χ3n) is 1.56. The minimum atomic E-state index is -1.37. The zero-order chi connectivity index (χ0) is 10.6. The van der Waals surface area contributed by atoms with Crippen LogP contribution in [0.5, 0.6) is 0 Å². The lowest BCUT2D eigenvalue weighted by atomic mass is 10.1. The summed E-state index contributed by atoms with van der Waals surface area (Å²) in [6.45, 7) is 0. The number of aliphatic carboxylic acids is 1. The number of benzene rings is 1. The molecule has 3 nitrogen and oxygen atoms in total. The van der Waals surface area contributed by atoms with Crippen molar-refractivity contribution in [3.8, 4) is 6.07 Å². The summed E-state index contributed by atoms with van der Waals surface area (Å²) in [6, 6.07) is 7.11. The van der Waals surface area contributed by atoms with E-state index in [1.807, 2.05) is 0 Å². The minimum Gasteiger partial charge on any atom is -0.477 e. The van der Waals surface area contributed by atoms with Gasteiger partial charge in [0.2, 0.25) is 0 Å². The molecule has 4 heteroatoms. The SMILES string of the molecule is N#C/C(=C\c1ccccc1F)C(=O)O. The van der Waals surface area contributed by atoms with Crippen molar-refractivity contribution in [1.29, 1.82) is 5.26 Å². The first kappa shape index (κ1) is 9.93. The van der Waals surface area contributed by atoms with E-state index in [-0.39, 0.29) is 5.56 Å². The highest BCUT2D eigenvalue weighted by Crippen LogP contribution is 2.10. The molecular formula is C10H6FNO2. The highest BCUT2D eigenvalue weighted by atomic mass is 19.1. The summed E-state index contributed by atoms with van der Waals surface area (Å²) in [4.78, 5) is 10.4. The van der Waals surface area contributed by atoms with E-state index in [1.165, 1.54) is 24.3 Å². The van der Waals surface area contributed by atoms with Crippen LogP contribution in [0.4, 0.5) is 4.39 Å². The maximum Gasteiger partial charge on any atom is 0.346 e. The van der Waals surface area contributed by atoms with Gasteiger partial charge in [0, 0.05) is 5.56 Å². The molecule has 14 heavy (non-hydrogen) atoms. The molecule has 1 N–H and O–H groups in total. The largest absolute Gasteiger partial charge is 0.477 e. The molecule has 0 saturated carbocycles. The molecule has 0 aliphatic heterocycles. The summed E-state index contributed by atoms with van der Waals surface area (Å²) in [5.74, 6) is -1.92. The van der Waals surface area contributed by atoms with Gasteiger partial charge in [-0.3, -0.25) is 0 Å². The lowest BCUT2D eigenvalue weighted by Gasteiger charge is -1.95. The number of halogens is 1. The Morgan fingerprint density at radius 3 is 2.64 bits per heavy atom. The predicted octanol–water partition coefficient (Wildman–Crippen LogP) is 1.82. The van der Waals surface area contributed by atoms with Crippen LogP contribution in [0, 0.1) is 17.1 Å². The maximum atomic E-state index is 13.0. The van der Waals surface area contributed by atoms with E-state index in [4.69, 9.17) is 10.4 Å². The number of hydrogen-bond donors (Lipinski definition) is 1. The first-order valence-corrected chi connectivity index (χ1v) is 3.75. The Morgan fingerprint density at radius 1 is 1.50 bits per heavy atom. The zero-order valence-corrected chi connectivity index (χ0v) is 7.07. The minimum absolute atomic E-state index is 0.0893. The standard InChI is InChI=1S/C10H6FNO2/c11-9-4-2-1-3-7(9)5-8(6-12)10(13)14/h1-5H,(H,13,14)/b8-5+. The van der Waals surface area contributed by atoms with E-state index < -0.39 is 17.4 Å². The second-order valence-corrected chi connectivity index (χ2v) is 2.50. The molecule has 1 aromatic carbocycles. The fraction of sp³-hybridized carbons (Fsp3) is 0. The summed E-state index contributed by atoms with van der Waals surface area (Å²) in [5.41, 5.74) is -0.401. The van der Waals surface area contributed by atoms with Crippen LogP contribution in [0.15, 0.2) is 29.8 Å². The molecule has 0 unspecified atom stereocenters. The van der Waals surface area contributed by atoms with E-state index in [9.17, 15) is 9.18 Å². The summed E-state index contributed by atoms with van der Waals surface area (Å²) in [6.07, 6.45) is 0.998. The summed E-state index contributed by atoms with van der Waals surface area (Å²) in [7, 11) is 0.